The van der Waals surface area contributed by atoms with E-state index in [-0.39, 0.29) is 11.8 Å². The number of halogens is 2. The van der Waals surface area contributed by atoms with Crippen LogP contribution in [0.2, 0.25) is 0 Å². The number of aromatic nitrogens is 2. The number of rotatable bonds is 6. The zero-order valence-corrected chi connectivity index (χ0v) is 11.4. The molecule has 0 radical (unpaired) electrons. The molecule has 1 unspecified atom stereocenters. The van der Waals surface area contributed by atoms with Crippen molar-refractivity contribution in [2.45, 2.75) is 19.1 Å². The topological polar surface area (TPSA) is 70.3 Å². The predicted octanol–water partition coefficient (Wildman–Crippen LogP) is 2.33. The number of ether oxygens (including phenoxy) is 2. The Labute approximate surface area is 120 Å². The Morgan fingerprint density at radius 2 is 1.90 bits per heavy atom. The predicted molar refractivity (Wildman–Crippen MR) is 72.3 cm³/mol. The fourth-order valence-corrected chi connectivity index (χ4v) is 1.84. The summed E-state index contributed by atoms with van der Waals surface area (Å²) in [6.07, 6.45) is 1.88. The number of hydrogen-bond donors (Lipinski definition) is 1. The fraction of sp³-hybridized carbons (Fsp3) is 0.286. The molecule has 0 aliphatic heterocycles. The van der Waals surface area contributed by atoms with Gasteiger partial charge in [-0.3, -0.25) is 0 Å². The van der Waals surface area contributed by atoms with E-state index < -0.39 is 6.61 Å². The van der Waals surface area contributed by atoms with Crippen LogP contribution in [0.1, 0.15) is 17.3 Å². The van der Waals surface area contributed by atoms with Crippen molar-refractivity contribution in [2.75, 3.05) is 7.11 Å². The molecule has 0 aliphatic carbocycles. The lowest BCUT2D eigenvalue weighted by Crippen LogP contribution is -2.14. The molecule has 1 aromatic carbocycles. The standard InChI is InChI=1S/C14H15F2N3O2/c1-20-13-7-10(18-8-19-13)6-12(17)9-2-4-11(5-3-9)21-14(15)16/h2-5,7-8,12,14H,6,17H2,1H3. The number of methoxy groups -OCH3 is 1. The summed E-state index contributed by atoms with van der Waals surface area (Å²) in [4.78, 5) is 8.03. The van der Waals surface area contributed by atoms with E-state index in [1.807, 2.05) is 0 Å². The van der Waals surface area contributed by atoms with E-state index >= 15 is 0 Å². The molecule has 7 heteroatoms. The van der Waals surface area contributed by atoms with Crippen molar-refractivity contribution in [3.8, 4) is 11.6 Å². The summed E-state index contributed by atoms with van der Waals surface area (Å²) in [5.74, 6) is 0.567. The normalized spacial score (nSPS) is 12.2. The van der Waals surface area contributed by atoms with Crippen LogP contribution in [0.15, 0.2) is 36.7 Å². The van der Waals surface area contributed by atoms with Gasteiger partial charge in [0.2, 0.25) is 5.88 Å². The highest BCUT2D eigenvalue weighted by Gasteiger charge is 2.10. The number of benzene rings is 1. The Hall–Kier alpha value is -2.28. The van der Waals surface area contributed by atoms with Crippen LogP contribution in [0.3, 0.4) is 0 Å². The van der Waals surface area contributed by atoms with Gasteiger partial charge in [-0.05, 0) is 17.7 Å². The smallest absolute Gasteiger partial charge is 0.387 e. The lowest BCUT2D eigenvalue weighted by atomic mass is 10.0. The summed E-state index contributed by atoms with van der Waals surface area (Å²) >= 11 is 0. The molecule has 0 bridgehead atoms. The third-order valence-corrected chi connectivity index (χ3v) is 2.87. The summed E-state index contributed by atoms with van der Waals surface area (Å²) in [6.45, 7) is -2.84. The average Bonchev–Trinajstić information content (AvgIpc) is 2.47. The first-order chi connectivity index (χ1) is 10.1. The van der Waals surface area contributed by atoms with Crippen LogP contribution in [0.5, 0.6) is 11.6 Å². The maximum atomic E-state index is 12.1. The molecule has 1 aromatic heterocycles. The van der Waals surface area contributed by atoms with Crippen molar-refractivity contribution in [1.82, 2.24) is 9.97 Å². The van der Waals surface area contributed by atoms with Gasteiger partial charge in [0.05, 0.1) is 7.11 Å². The second kappa shape index (κ2) is 6.94. The van der Waals surface area contributed by atoms with Gasteiger partial charge in [0, 0.05) is 24.2 Å². The zero-order chi connectivity index (χ0) is 15.2. The Morgan fingerprint density at radius 3 is 2.52 bits per heavy atom. The molecule has 2 aromatic rings. The zero-order valence-electron chi connectivity index (χ0n) is 11.4. The van der Waals surface area contributed by atoms with E-state index in [2.05, 4.69) is 14.7 Å². The van der Waals surface area contributed by atoms with Crippen LogP contribution < -0.4 is 15.2 Å². The Balaban J connectivity index is 2.03. The first kappa shape index (κ1) is 15.1. The van der Waals surface area contributed by atoms with E-state index in [0.717, 1.165) is 11.3 Å². The Kier molecular flexibility index (Phi) is 4.99. The average molecular weight is 295 g/mol. The largest absolute Gasteiger partial charge is 0.481 e. The Bertz CT molecular complexity index is 579. The van der Waals surface area contributed by atoms with Gasteiger partial charge in [0.15, 0.2) is 0 Å². The van der Waals surface area contributed by atoms with Crippen molar-refractivity contribution in [2.24, 2.45) is 5.73 Å². The molecular weight excluding hydrogens is 280 g/mol. The number of alkyl halides is 2. The second-order valence-electron chi connectivity index (χ2n) is 4.31. The minimum absolute atomic E-state index is 0.102. The van der Waals surface area contributed by atoms with Gasteiger partial charge < -0.3 is 15.2 Å². The van der Waals surface area contributed by atoms with Crippen molar-refractivity contribution in [3.63, 3.8) is 0 Å². The second-order valence-corrected chi connectivity index (χ2v) is 4.31. The van der Waals surface area contributed by atoms with Gasteiger partial charge >= 0.3 is 6.61 Å². The van der Waals surface area contributed by atoms with Crippen LogP contribution in [0.25, 0.3) is 0 Å². The molecule has 112 valence electrons. The van der Waals surface area contributed by atoms with E-state index in [0.29, 0.717) is 12.3 Å². The van der Waals surface area contributed by atoms with Crippen molar-refractivity contribution >= 4 is 0 Å². The van der Waals surface area contributed by atoms with Gasteiger partial charge in [-0.15, -0.1) is 0 Å². The van der Waals surface area contributed by atoms with E-state index in [4.69, 9.17) is 10.5 Å². The highest BCUT2D eigenvalue weighted by molar-refractivity contribution is 5.30. The lowest BCUT2D eigenvalue weighted by Gasteiger charge is -2.13. The maximum absolute atomic E-state index is 12.1. The molecule has 2 N–H and O–H groups in total. The minimum atomic E-state index is -2.84. The molecule has 0 fully saturated rings. The molecular formula is C14H15F2N3O2. The van der Waals surface area contributed by atoms with Crippen LogP contribution in [-0.4, -0.2) is 23.7 Å². The van der Waals surface area contributed by atoms with Gasteiger partial charge in [0.1, 0.15) is 12.1 Å². The first-order valence-electron chi connectivity index (χ1n) is 6.23. The monoisotopic (exact) mass is 295 g/mol. The third-order valence-electron chi connectivity index (χ3n) is 2.87. The Morgan fingerprint density at radius 1 is 1.19 bits per heavy atom. The first-order valence-corrected chi connectivity index (χ1v) is 6.23. The summed E-state index contributed by atoms with van der Waals surface area (Å²) in [5, 5.41) is 0. The van der Waals surface area contributed by atoms with Gasteiger partial charge in [0.25, 0.3) is 0 Å². The number of nitrogens with two attached hydrogens (primary N) is 1. The molecule has 0 spiro atoms. The molecule has 0 aliphatic rings. The van der Waals surface area contributed by atoms with Gasteiger partial charge in [-0.1, -0.05) is 12.1 Å². The van der Waals surface area contributed by atoms with Crippen LogP contribution in [-0.2, 0) is 6.42 Å². The molecule has 0 saturated heterocycles. The quantitative estimate of drug-likeness (QED) is 0.885. The van der Waals surface area contributed by atoms with Crippen LogP contribution >= 0.6 is 0 Å². The minimum Gasteiger partial charge on any atom is -0.481 e. The fourth-order valence-electron chi connectivity index (χ4n) is 1.84. The molecule has 0 amide bonds. The van der Waals surface area contributed by atoms with Crippen LogP contribution in [0.4, 0.5) is 8.78 Å². The van der Waals surface area contributed by atoms with Gasteiger partial charge in [-0.25, -0.2) is 9.97 Å². The maximum Gasteiger partial charge on any atom is 0.387 e. The van der Waals surface area contributed by atoms with Crippen LogP contribution in [0, 0.1) is 0 Å². The number of nitrogens with zero attached hydrogens (tertiary/aromatic N) is 2. The SMILES string of the molecule is COc1cc(CC(N)c2ccc(OC(F)F)cc2)ncn1. The van der Waals surface area contributed by atoms with Crippen molar-refractivity contribution < 1.29 is 18.3 Å². The van der Waals surface area contributed by atoms with Crippen molar-refractivity contribution in [1.29, 1.82) is 0 Å². The molecule has 5 nitrogen and oxygen atoms in total. The molecule has 1 atom stereocenters. The highest BCUT2D eigenvalue weighted by atomic mass is 19.3. The molecule has 1 heterocycles. The summed E-state index contributed by atoms with van der Waals surface area (Å²) in [7, 11) is 1.52. The highest BCUT2D eigenvalue weighted by Crippen LogP contribution is 2.20. The molecule has 2 rings (SSSR count). The van der Waals surface area contributed by atoms with E-state index in [9.17, 15) is 8.78 Å². The summed E-state index contributed by atoms with van der Waals surface area (Å²) < 4.78 is 33.4. The van der Waals surface area contributed by atoms with E-state index in [1.165, 1.54) is 25.6 Å². The number of hydrogen-bond acceptors (Lipinski definition) is 5. The summed E-state index contributed by atoms with van der Waals surface area (Å²) in [5.41, 5.74) is 7.62. The lowest BCUT2D eigenvalue weighted by molar-refractivity contribution is -0.0498. The van der Waals surface area contributed by atoms with Crippen molar-refractivity contribution in [3.05, 3.63) is 47.9 Å². The molecule has 21 heavy (non-hydrogen) atoms. The molecule has 0 saturated carbocycles. The third kappa shape index (κ3) is 4.35. The van der Waals surface area contributed by atoms with Gasteiger partial charge in [-0.2, -0.15) is 8.78 Å². The van der Waals surface area contributed by atoms with E-state index in [1.54, 1.807) is 18.2 Å². The summed E-state index contributed by atoms with van der Waals surface area (Å²) in [6, 6.07) is 7.62.